The van der Waals surface area contributed by atoms with Gasteiger partial charge in [0.2, 0.25) is 0 Å². The van der Waals surface area contributed by atoms with Gasteiger partial charge in [-0.15, -0.1) is 0 Å². The number of methoxy groups -OCH3 is 1. The minimum atomic E-state index is -0.106. The molecule has 0 aliphatic carbocycles. The highest BCUT2D eigenvalue weighted by molar-refractivity contribution is 7.07. The van der Waals surface area contributed by atoms with E-state index in [2.05, 4.69) is 42.9 Å². The minimum absolute atomic E-state index is 0.106. The summed E-state index contributed by atoms with van der Waals surface area (Å²) in [6.07, 6.45) is 3.41. The molecule has 1 heterocycles. The van der Waals surface area contributed by atoms with Crippen LogP contribution in [0.4, 0.5) is 0 Å². The lowest BCUT2D eigenvalue weighted by atomic mass is 9.93. The molecule has 0 amide bonds. The molecule has 0 aromatic carbocycles. The lowest BCUT2D eigenvalue weighted by Gasteiger charge is -2.34. The number of hydrogen-bond donors (Lipinski definition) is 1. The maximum atomic E-state index is 5.61. The molecule has 0 spiro atoms. The van der Waals surface area contributed by atoms with E-state index in [0.717, 1.165) is 25.8 Å². The normalized spacial score (nSPS) is 13.9. The monoisotopic (exact) mass is 255 g/mol. The summed E-state index contributed by atoms with van der Waals surface area (Å²) >= 11 is 1.77. The van der Waals surface area contributed by atoms with Crippen molar-refractivity contribution in [2.24, 2.45) is 0 Å². The summed E-state index contributed by atoms with van der Waals surface area (Å²) in [5.74, 6) is 0. The predicted molar refractivity (Wildman–Crippen MR) is 75.8 cm³/mol. The molecule has 0 radical (unpaired) electrons. The van der Waals surface area contributed by atoms with Gasteiger partial charge in [-0.3, -0.25) is 0 Å². The van der Waals surface area contributed by atoms with Gasteiger partial charge in [-0.1, -0.05) is 6.92 Å². The summed E-state index contributed by atoms with van der Waals surface area (Å²) in [5, 5.41) is 7.98. The molecule has 0 bridgehead atoms. The first-order valence-electron chi connectivity index (χ1n) is 6.39. The lowest BCUT2D eigenvalue weighted by molar-refractivity contribution is -0.0123. The third-order valence-electron chi connectivity index (χ3n) is 3.31. The molecular formula is C14H25NOS. The van der Waals surface area contributed by atoms with Crippen molar-refractivity contribution in [3.63, 3.8) is 0 Å². The second-order valence-electron chi connectivity index (χ2n) is 4.98. The number of hydrogen-bond acceptors (Lipinski definition) is 3. The SMILES string of the molecule is CCCNC(CCc1ccsc1)C(C)(C)OC. The van der Waals surface area contributed by atoms with E-state index < -0.39 is 0 Å². The number of ether oxygens (including phenoxy) is 1. The Labute approximate surface area is 109 Å². The Balaban J connectivity index is 2.51. The van der Waals surface area contributed by atoms with Gasteiger partial charge < -0.3 is 10.1 Å². The van der Waals surface area contributed by atoms with Gasteiger partial charge in [-0.05, 0) is 62.0 Å². The van der Waals surface area contributed by atoms with E-state index in [-0.39, 0.29) is 5.60 Å². The van der Waals surface area contributed by atoms with Crippen LogP contribution in [0.3, 0.4) is 0 Å². The smallest absolute Gasteiger partial charge is 0.0775 e. The first-order chi connectivity index (χ1) is 8.10. The zero-order valence-electron chi connectivity index (χ0n) is 11.5. The van der Waals surface area contributed by atoms with Crippen LogP contribution in [0, 0.1) is 0 Å². The Morgan fingerprint density at radius 2 is 2.24 bits per heavy atom. The Kier molecular flexibility index (Phi) is 6.17. The molecule has 0 aliphatic rings. The summed E-state index contributed by atoms with van der Waals surface area (Å²) in [6.45, 7) is 7.58. The highest BCUT2D eigenvalue weighted by atomic mass is 32.1. The van der Waals surface area contributed by atoms with Crippen LogP contribution in [0.2, 0.25) is 0 Å². The van der Waals surface area contributed by atoms with Crippen LogP contribution in [-0.4, -0.2) is 25.3 Å². The fraction of sp³-hybridized carbons (Fsp3) is 0.714. The molecule has 1 unspecified atom stereocenters. The number of thiophene rings is 1. The van der Waals surface area contributed by atoms with E-state index in [1.807, 2.05) is 0 Å². The average molecular weight is 255 g/mol. The van der Waals surface area contributed by atoms with Crippen LogP contribution in [-0.2, 0) is 11.2 Å². The van der Waals surface area contributed by atoms with Gasteiger partial charge >= 0.3 is 0 Å². The van der Waals surface area contributed by atoms with Crippen LogP contribution < -0.4 is 5.32 Å². The largest absolute Gasteiger partial charge is 0.377 e. The van der Waals surface area contributed by atoms with Crippen LogP contribution in [0.1, 0.15) is 39.2 Å². The quantitative estimate of drug-likeness (QED) is 0.768. The predicted octanol–water partition coefficient (Wildman–Crippen LogP) is 3.47. The van der Waals surface area contributed by atoms with E-state index in [9.17, 15) is 0 Å². The summed E-state index contributed by atoms with van der Waals surface area (Å²) in [4.78, 5) is 0. The zero-order valence-corrected chi connectivity index (χ0v) is 12.3. The summed E-state index contributed by atoms with van der Waals surface area (Å²) in [7, 11) is 1.80. The van der Waals surface area contributed by atoms with Crippen molar-refractivity contribution < 1.29 is 4.74 Å². The van der Waals surface area contributed by atoms with E-state index in [0.29, 0.717) is 6.04 Å². The van der Waals surface area contributed by atoms with Gasteiger partial charge in [-0.25, -0.2) is 0 Å². The van der Waals surface area contributed by atoms with Gasteiger partial charge in [-0.2, -0.15) is 11.3 Å². The molecular weight excluding hydrogens is 230 g/mol. The fourth-order valence-electron chi connectivity index (χ4n) is 1.90. The van der Waals surface area contributed by atoms with E-state index >= 15 is 0 Å². The second-order valence-corrected chi connectivity index (χ2v) is 5.76. The summed E-state index contributed by atoms with van der Waals surface area (Å²) in [6, 6.07) is 2.62. The van der Waals surface area contributed by atoms with Crippen molar-refractivity contribution in [2.75, 3.05) is 13.7 Å². The molecule has 0 fully saturated rings. The van der Waals surface area contributed by atoms with Crippen molar-refractivity contribution in [2.45, 2.75) is 51.7 Å². The van der Waals surface area contributed by atoms with Gasteiger partial charge in [0.05, 0.1) is 5.60 Å². The maximum Gasteiger partial charge on any atom is 0.0775 e. The van der Waals surface area contributed by atoms with Gasteiger partial charge in [0.25, 0.3) is 0 Å². The first-order valence-corrected chi connectivity index (χ1v) is 7.34. The Bertz CT molecular complexity index is 295. The van der Waals surface area contributed by atoms with Crippen molar-refractivity contribution in [1.29, 1.82) is 0 Å². The molecule has 17 heavy (non-hydrogen) atoms. The average Bonchev–Trinajstić information content (AvgIpc) is 2.82. The molecule has 2 nitrogen and oxygen atoms in total. The van der Waals surface area contributed by atoms with Crippen LogP contribution in [0.15, 0.2) is 16.8 Å². The third-order valence-corrected chi connectivity index (χ3v) is 4.04. The van der Waals surface area contributed by atoms with E-state index in [1.54, 1.807) is 18.4 Å². The Hall–Kier alpha value is -0.380. The first kappa shape index (κ1) is 14.7. The Morgan fingerprint density at radius 3 is 2.76 bits per heavy atom. The Morgan fingerprint density at radius 1 is 1.47 bits per heavy atom. The molecule has 1 rings (SSSR count). The highest BCUT2D eigenvalue weighted by Crippen LogP contribution is 2.19. The lowest BCUT2D eigenvalue weighted by Crippen LogP contribution is -2.48. The molecule has 1 atom stereocenters. The maximum absolute atomic E-state index is 5.61. The topological polar surface area (TPSA) is 21.3 Å². The molecule has 1 aromatic heterocycles. The zero-order chi connectivity index (χ0) is 12.7. The van der Waals surface area contributed by atoms with Gasteiger partial charge in [0.1, 0.15) is 0 Å². The molecule has 0 saturated carbocycles. The van der Waals surface area contributed by atoms with Gasteiger partial charge in [0.15, 0.2) is 0 Å². The minimum Gasteiger partial charge on any atom is -0.377 e. The van der Waals surface area contributed by atoms with Crippen molar-refractivity contribution >= 4 is 11.3 Å². The molecule has 98 valence electrons. The number of rotatable bonds is 8. The van der Waals surface area contributed by atoms with Crippen molar-refractivity contribution in [3.8, 4) is 0 Å². The van der Waals surface area contributed by atoms with E-state index in [4.69, 9.17) is 4.74 Å². The van der Waals surface area contributed by atoms with Crippen LogP contribution >= 0.6 is 11.3 Å². The molecule has 1 aromatic rings. The summed E-state index contributed by atoms with van der Waals surface area (Å²) in [5.41, 5.74) is 1.33. The van der Waals surface area contributed by atoms with E-state index in [1.165, 1.54) is 5.56 Å². The van der Waals surface area contributed by atoms with Crippen LogP contribution in [0.25, 0.3) is 0 Å². The molecule has 0 aliphatic heterocycles. The van der Waals surface area contributed by atoms with Crippen molar-refractivity contribution in [3.05, 3.63) is 22.4 Å². The standard InChI is InChI=1S/C14H25NOS/c1-5-9-15-13(14(2,3)16-4)7-6-12-8-10-17-11-12/h8,10-11,13,15H,5-7,9H2,1-4H3. The van der Waals surface area contributed by atoms with Crippen LogP contribution in [0.5, 0.6) is 0 Å². The molecule has 1 N–H and O–H groups in total. The second kappa shape index (κ2) is 7.14. The van der Waals surface area contributed by atoms with Crippen molar-refractivity contribution in [1.82, 2.24) is 5.32 Å². The highest BCUT2D eigenvalue weighted by Gasteiger charge is 2.28. The van der Waals surface area contributed by atoms with Gasteiger partial charge in [0, 0.05) is 13.2 Å². The third kappa shape index (κ3) is 4.78. The summed E-state index contributed by atoms with van der Waals surface area (Å²) < 4.78 is 5.61. The molecule has 3 heteroatoms. The molecule has 0 saturated heterocycles. The number of nitrogens with one attached hydrogen (secondary N) is 1. The number of aryl methyl sites for hydroxylation is 1. The fourth-order valence-corrected chi connectivity index (χ4v) is 2.61.